The lowest BCUT2D eigenvalue weighted by atomic mass is 9.54. The van der Waals surface area contributed by atoms with E-state index in [0.717, 1.165) is 5.56 Å². The maximum atomic E-state index is 13.6. The number of Topliss-reactive ketones (excluding diaryl/α,β-unsaturated/α-hetero) is 1. The quantitative estimate of drug-likeness (QED) is 0.413. The maximum Gasteiger partial charge on any atom is 0.207 e. The van der Waals surface area contributed by atoms with E-state index in [1.165, 1.54) is 12.1 Å². The predicted molar refractivity (Wildman–Crippen MR) is 122 cm³/mol. The van der Waals surface area contributed by atoms with Crippen LogP contribution in [0.3, 0.4) is 0 Å². The number of hydrogen-bond acceptors (Lipinski definition) is 7. The second-order valence-corrected chi connectivity index (χ2v) is 8.87. The SMILES string of the molecule is O=C(c1ccccc1)[C@]1(O)[C@H](OCc2ccccc2)O[C@@H]2C(O)C(c3ccccc3)[C@@]2(O)[C@@H]1O. The molecular weight excluding hydrogens is 436 g/mol. The van der Waals surface area contributed by atoms with E-state index >= 15 is 0 Å². The fourth-order valence-electron chi connectivity index (χ4n) is 5.10. The number of benzene rings is 3. The lowest BCUT2D eigenvalue weighted by Gasteiger charge is -2.64. The smallest absolute Gasteiger partial charge is 0.207 e. The van der Waals surface area contributed by atoms with E-state index in [2.05, 4.69) is 0 Å². The molecule has 2 unspecified atom stereocenters. The molecule has 0 amide bonds. The van der Waals surface area contributed by atoms with Gasteiger partial charge in [0.05, 0.1) is 12.7 Å². The summed E-state index contributed by atoms with van der Waals surface area (Å²) in [6.07, 6.45) is -6.08. The van der Waals surface area contributed by atoms with Crippen LogP contribution in [0.5, 0.6) is 0 Å². The zero-order valence-corrected chi connectivity index (χ0v) is 18.3. The maximum absolute atomic E-state index is 13.6. The van der Waals surface area contributed by atoms with Crippen LogP contribution in [0.2, 0.25) is 0 Å². The summed E-state index contributed by atoms with van der Waals surface area (Å²) in [6.45, 7) is -0.0219. The molecule has 1 saturated carbocycles. The number of hydrogen-bond donors (Lipinski definition) is 4. The third-order valence-electron chi connectivity index (χ3n) is 6.89. The molecule has 1 heterocycles. The number of ketones is 1. The normalized spacial score (nSPS) is 34.6. The predicted octanol–water partition coefficient (Wildman–Crippen LogP) is 1.79. The van der Waals surface area contributed by atoms with Gasteiger partial charge in [0, 0.05) is 11.5 Å². The van der Waals surface area contributed by atoms with Crippen LogP contribution in [-0.2, 0) is 16.1 Å². The largest absolute Gasteiger partial charge is 0.390 e. The number of fused-ring (bicyclic) bond motifs is 1. The van der Waals surface area contributed by atoms with E-state index in [0.29, 0.717) is 5.56 Å². The Morgan fingerprint density at radius 1 is 0.853 bits per heavy atom. The topological polar surface area (TPSA) is 116 Å². The molecule has 7 heteroatoms. The summed E-state index contributed by atoms with van der Waals surface area (Å²) in [4.78, 5) is 13.6. The van der Waals surface area contributed by atoms with Crippen molar-refractivity contribution in [3.8, 4) is 0 Å². The van der Waals surface area contributed by atoms with Crippen molar-refractivity contribution >= 4 is 5.78 Å². The first-order valence-corrected chi connectivity index (χ1v) is 11.1. The first kappa shape index (κ1) is 22.9. The highest BCUT2D eigenvalue weighted by Crippen LogP contribution is 2.56. The average molecular weight is 462 g/mol. The van der Waals surface area contributed by atoms with Gasteiger partial charge in [-0.25, -0.2) is 0 Å². The summed E-state index contributed by atoms with van der Waals surface area (Å²) >= 11 is 0. The second kappa shape index (κ2) is 8.70. The molecule has 1 saturated heterocycles. The van der Waals surface area contributed by atoms with Crippen molar-refractivity contribution in [2.24, 2.45) is 0 Å². The first-order valence-electron chi connectivity index (χ1n) is 11.1. The number of aliphatic hydroxyl groups is 4. The van der Waals surface area contributed by atoms with Gasteiger partial charge in [-0.15, -0.1) is 0 Å². The van der Waals surface area contributed by atoms with Crippen LogP contribution in [0.15, 0.2) is 91.0 Å². The number of carbonyl (C=O) groups is 1. The fraction of sp³-hybridized carbons (Fsp3) is 0.296. The Kier molecular flexibility index (Phi) is 5.85. The highest BCUT2D eigenvalue weighted by molar-refractivity contribution is 6.03. The van der Waals surface area contributed by atoms with Gasteiger partial charge in [-0.1, -0.05) is 91.0 Å². The summed E-state index contributed by atoms with van der Waals surface area (Å²) in [7, 11) is 0. The molecule has 2 aliphatic rings. The molecule has 4 N–H and O–H groups in total. The van der Waals surface area contributed by atoms with Gasteiger partial charge in [-0.05, 0) is 11.1 Å². The lowest BCUT2D eigenvalue weighted by molar-refractivity contribution is -0.403. The Labute approximate surface area is 196 Å². The molecule has 34 heavy (non-hydrogen) atoms. The Morgan fingerprint density at radius 2 is 1.41 bits per heavy atom. The van der Waals surface area contributed by atoms with Gasteiger partial charge in [0.15, 0.2) is 6.29 Å². The van der Waals surface area contributed by atoms with Crippen LogP contribution in [0.25, 0.3) is 0 Å². The molecule has 0 aromatic heterocycles. The number of carbonyl (C=O) groups excluding carboxylic acids is 1. The van der Waals surface area contributed by atoms with Crippen LogP contribution in [0.4, 0.5) is 0 Å². The van der Waals surface area contributed by atoms with E-state index in [1.54, 1.807) is 60.7 Å². The molecule has 0 spiro atoms. The Hall–Kier alpha value is -2.91. The molecule has 2 fully saturated rings. The zero-order chi connectivity index (χ0) is 23.9. The van der Waals surface area contributed by atoms with Crippen LogP contribution >= 0.6 is 0 Å². The van der Waals surface area contributed by atoms with Crippen molar-refractivity contribution in [3.05, 3.63) is 108 Å². The van der Waals surface area contributed by atoms with E-state index in [4.69, 9.17) is 9.47 Å². The van der Waals surface area contributed by atoms with Gasteiger partial charge < -0.3 is 29.9 Å². The molecule has 7 nitrogen and oxygen atoms in total. The van der Waals surface area contributed by atoms with Crippen LogP contribution in [-0.4, -0.2) is 62.0 Å². The Morgan fingerprint density at radius 3 is 2.03 bits per heavy atom. The molecule has 1 aliphatic carbocycles. The van der Waals surface area contributed by atoms with E-state index in [-0.39, 0.29) is 12.2 Å². The summed E-state index contributed by atoms with van der Waals surface area (Å²) < 4.78 is 11.7. The molecule has 1 aliphatic heterocycles. The third kappa shape index (κ3) is 3.41. The van der Waals surface area contributed by atoms with Gasteiger partial charge in [0.25, 0.3) is 0 Å². The van der Waals surface area contributed by atoms with E-state index < -0.39 is 47.5 Å². The third-order valence-corrected chi connectivity index (χ3v) is 6.89. The fourth-order valence-corrected chi connectivity index (χ4v) is 5.10. The zero-order valence-electron chi connectivity index (χ0n) is 18.3. The summed E-state index contributed by atoms with van der Waals surface area (Å²) in [6, 6.07) is 25.7. The summed E-state index contributed by atoms with van der Waals surface area (Å²) in [5, 5.41) is 45.6. The highest BCUT2D eigenvalue weighted by Gasteiger charge is 2.76. The molecule has 3 aromatic carbocycles. The van der Waals surface area contributed by atoms with Gasteiger partial charge >= 0.3 is 0 Å². The monoisotopic (exact) mass is 462 g/mol. The molecule has 3 aromatic rings. The van der Waals surface area contributed by atoms with Crippen LogP contribution in [0.1, 0.15) is 27.4 Å². The van der Waals surface area contributed by atoms with E-state index in [9.17, 15) is 25.2 Å². The number of aliphatic hydroxyl groups excluding tert-OH is 2. The minimum atomic E-state index is -2.63. The second-order valence-electron chi connectivity index (χ2n) is 8.87. The number of rotatable bonds is 6. The average Bonchev–Trinajstić information content (AvgIpc) is 2.88. The molecule has 7 atom stereocenters. The van der Waals surface area contributed by atoms with Crippen molar-refractivity contribution in [3.63, 3.8) is 0 Å². The Bertz CT molecular complexity index is 1140. The molecule has 0 radical (unpaired) electrons. The molecule has 5 rings (SSSR count). The minimum absolute atomic E-state index is 0.0219. The van der Waals surface area contributed by atoms with Crippen molar-refractivity contribution < 1.29 is 34.7 Å². The van der Waals surface area contributed by atoms with Crippen molar-refractivity contribution in [2.45, 2.75) is 48.3 Å². The Balaban J connectivity index is 1.53. The van der Waals surface area contributed by atoms with Gasteiger partial charge in [-0.3, -0.25) is 4.79 Å². The standard InChI is InChI=1S/C27H26O7/c28-21-20(18-12-6-2-7-13-18)26(31)23(21)34-25(33-16-17-10-4-1-5-11-17)27(32,24(26)30)22(29)19-14-8-3-9-15-19/h1-15,20-21,23-25,28,30-32H,16H2/t20?,21?,23-,24+,25-,26+,27-/m1/s1. The van der Waals surface area contributed by atoms with Crippen molar-refractivity contribution in [1.29, 1.82) is 0 Å². The first-order chi connectivity index (χ1) is 16.4. The lowest BCUT2D eigenvalue weighted by Crippen LogP contribution is -2.84. The van der Waals surface area contributed by atoms with Gasteiger partial charge in [0.1, 0.15) is 17.8 Å². The summed E-state index contributed by atoms with van der Waals surface area (Å²) in [5.41, 5.74) is -3.32. The number of ether oxygens (including phenoxy) is 2. The van der Waals surface area contributed by atoms with Gasteiger partial charge in [-0.2, -0.15) is 0 Å². The summed E-state index contributed by atoms with van der Waals surface area (Å²) in [5.74, 6) is -1.82. The van der Waals surface area contributed by atoms with Crippen LogP contribution < -0.4 is 0 Å². The molecular formula is C27H26O7. The molecule has 176 valence electrons. The van der Waals surface area contributed by atoms with Crippen molar-refractivity contribution in [2.75, 3.05) is 0 Å². The highest BCUT2D eigenvalue weighted by atomic mass is 16.7. The molecule has 0 bridgehead atoms. The van der Waals surface area contributed by atoms with Crippen molar-refractivity contribution in [1.82, 2.24) is 0 Å². The van der Waals surface area contributed by atoms with E-state index in [1.807, 2.05) is 18.2 Å². The van der Waals surface area contributed by atoms with Gasteiger partial charge in [0.2, 0.25) is 11.4 Å². The van der Waals surface area contributed by atoms with Crippen LogP contribution in [0, 0.1) is 0 Å². The minimum Gasteiger partial charge on any atom is -0.390 e.